The molecule has 0 saturated heterocycles. The Morgan fingerprint density at radius 3 is 2.04 bits per heavy atom. The second kappa shape index (κ2) is 7.27. The molecule has 0 saturated carbocycles. The van der Waals surface area contributed by atoms with E-state index in [9.17, 15) is 14.4 Å². The summed E-state index contributed by atoms with van der Waals surface area (Å²) in [5.41, 5.74) is 2.92. The van der Waals surface area contributed by atoms with Crippen LogP contribution in [0.3, 0.4) is 0 Å². The van der Waals surface area contributed by atoms with Crippen LogP contribution < -0.4 is 5.32 Å². The average molecular weight is 372 g/mol. The summed E-state index contributed by atoms with van der Waals surface area (Å²) in [6, 6.07) is 18.9. The Morgan fingerprint density at radius 1 is 0.893 bits per heavy atom. The lowest BCUT2D eigenvalue weighted by molar-refractivity contribution is -0.120. The van der Waals surface area contributed by atoms with Gasteiger partial charge in [-0.3, -0.25) is 19.3 Å². The number of carbonyl (C=O) groups excluding carboxylic acids is 3. The summed E-state index contributed by atoms with van der Waals surface area (Å²) in [4.78, 5) is 38.6. The van der Waals surface area contributed by atoms with Crippen LogP contribution in [0.4, 0.5) is 0 Å². The fourth-order valence-corrected chi connectivity index (χ4v) is 3.44. The summed E-state index contributed by atoms with van der Waals surface area (Å²) >= 11 is 0. The van der Waals surface area contributed by atoms with Crippen LogP contribution in [0, 0.1) is 6.92 Å². The highest BCUT2D eigenvalue weighted by Crippen LogP contribution is 2.27. The van der Waals surface area contributed by atoms with Crippen LogP contribution in [-0.4, -0.2) is 35.7 Å². The van der Waals surface area contributed by atoms with Gasteiger partial charge in [-0.25, -0.2) is 0 Å². The molecule has 0 atom stereocenters. The molecule has 5 heteroatoms. The minimum atomic E-state index is -0.307. The van der Waals surface area contributed by atoms with Crippen LogP contribution in [-0.2, 0) is 11.2 Å². The number of nitrogens with one attached hydrogen (secondary N) is 1. The molecular weight excluding hydrogens is 352 g/mol. The predicted octanol–water partition coefficient (Wildman–Crippen LogP) is 3.10. The summed E-state index contributed by atoms with van der Waals surface area (Å²) < 4.78 is 0. The van der Waals surface area contributed by atoms with Crippen molar-refractivity contribution >= 4 is 28.5 Å². The maximum absolute atomic E-state index is 12.6. The van der Waals surface area contributed by atoms with E-state index in [-0.39, 0.29) is 37.2 Å². The van der Waals surface area contributed by atoms with E-state index >= 15 is 0 Å². The van der Waals surface area contributed by atoms with Crippen LogP contribution in [0.5, 0.6) is 0 Å². The van der Waals surface area contributed by atoms with Crippen molar-refractivity contribution in [2.24, 2.45) is 0 Å². The minimum absolute atomic E-state index is 0.133. The first-order chi connectivity index (χ1) is 13.5. The van der Waals surface area contributed by atoms with Gasteiger partial charge in [0.2, 0.25) is 5.91 Å². The normalized spacial score (nSPS) is 13.1. The molecule has 0 fully saturated rings. The summed E-state index contributed by atoms with van der Waals surface area (Å²) in [5, 5.41) is 4.64. The van der Waals surface area contributed by atoms with Crippen LogP contribution in [0.15, 0.2) is 60.7 Å². The fraction of sp³-hybridized carbons (Fsp3) is 0.174. The molecule has 1 aliphatic heterocycles. The van der Waals surface area contributed by atoms with Crippen molar-refractivity contribution in [3.05, 3.63) is 82.9 Å². The number of aryl methyl sites for hydroxylation is 1. The predicted molar refractivity (Wildman–Crippen MR) is 107 cm³/mol. The topological polar surface area (TPSA) is 66.5 Å². The van der Waals surface area contributed by atoms with Crippen LogP contribution >= 0.6 is 0 Å². The molecule has 0 aromatic heterocycles. The molecular formula is C23H20N2O3. The van der Waals surface area contributed by atoms with Crippen molar-refractivity contribution in [1.82, 2.24) is 10.2 Å². The third-order valence-electron chi connectivity index (χ3n) is 4.98. The number of rotatable bonds is 5. The number of amides is 3. The van der Waals surface area contributed by atoms with Crippen LogP contribution in [0.2, 0.25) is 0 Å². The molecule has 0 unspecified atom stereocenters. The Hall–Kier alpha value is -3.47. The Kier molecular flexibility index (Phi) is 4.65. The molecule has 5 nitrogen and oxygen atoms in total. The van der Waals surface area contributed by atoms with E-state index in [1.807, 2.05) is 55.5 Å². The third-order valence-corrected chi connectivity index (χ3v) is 4.98. The van der Waals surface area contributed by atoms with E-state index in [0.717, 1.165) is 21.9 Å². The highest BCUT2D eigenvalue weighted by Gasteiger charge is 2.35. The highest BCUT2D eigenvalue weighted by atomic mass is 16.2. The van der Waals surface area contributed by atoms with Crippen molar-refractivity contribution in [3.8, 4) is 0 Å². The van der Waals surface area contributed by atoms with Gasteiger partial charge in [-0.15, -0.1) is 0 Å². The molecule has 0 aliphatic carbocycles. The van der Waals surface area contributed by atoms with Gasteiger partial charge in [-0.05, 0) is 35.4 Å². The number of benzene rings is 3. The Balaban J connectivity index is 1.39. The second-order valence-electron chi connectivity index (χ2n) is 7.02. The van der Waals surface area contributed by atoms with Gasteiger partial charge >= 0.3 is 0 Å². The van der Waals surface area contributed by atoms with E-state index in [4.69, 9.17) is 0 Å². The molecule has 3 amide bonds. The van der Waals surface area contributed by atoms with Gasteiger partial charge in [-0.2, -0.15) is 0 Å². The van der Waals surface area contributed by atoms with Gasteiger partial charge in [0.05, 0.1) is 17.5 Å². The van der Waals surface area contributed by atoms with E-state index in [0.29, 0.717) is 11.1 Å². The van der Waals surface area contributed by atoms with Crippen molar-refractivity contribution in [3.63, 3.8) is 0 Å². The quantitative estimate of drug-likeness (QED) is 0.700. The molecule has 1 N–H and O–H groups in total. The Bertz CT molecular complexity index is 1030. The molecule has 1 heterocycles. The molecule has 0 spiro atoms. The lowest BCUT2D eigenvalue weighted by Gasteiger charge is -2.14. The number of carbonyl (C=O) groups is 3. The molecule has 4 rings (SSSR count). The summed E-state index contributed by atoms with van der Waals surface area (Å²) in [6.45, 7) is 2.38. The monoisotopic (exact) mass is 372 g/mol. The standard InChI is InChI=1S/C23H20N2O3/c1-15-6-8-16(9-7-15)12-21(26)24-10-11-25-22(27)19-13-17-4-2-3-5-18(17)14-20(19)23(25)28/h2-9,13-14H,10-12H2,1H3,(H,24,26). The molecule has 140 valence electrons. The number of hydrogen-bond acceptors (Lipinski definition) is 3. The first-order valence-electron chi connectivity index (χ1n) is 9.24. The SMILES string of the molecule is Cc1ccc(CC(=O)NCCN2C(=O)c3cc4ccccc4cc3C2=O)cc1. The zero-order chi connectivity index (χ0) is 19.7. The van der Waals surface area contributed by atoms with Gasteiger partial charge in [-0.1, -0.05) is 54.1 Å². The molecule has 3 aromatic rings. The lowest BCUT2D eigenvalue weighted by atomic mass is 10.0. The number of hydrogen-bond donors (Lipinski definition) is 1. The minimum Gasteiger partial charge on any atom is -0.354 e. The molecule has 0 radical (unpaired) electrons. The van der Waals surface area contributed by atoms with E-state index in [2.05, 4.69) is 5.32 Å². The van der Waals surface area contributed by atoms with Crippen molar-refractivity contribution in [1.29, 1.82) is 0 Å². The molecule has 1 aliphatic rings. The maximum Gasteiger partial charge on any atom is 0.261 e. The van der Waals surface area contributed by atoms with Crippen molar-refractivity contribution < 1.29 is 14.4 Å². The summed E-state index contributed by atoms with van der Waals surface area (Å²) in [5.74, 6) is -0.747. The zero-order valence-electron chi connectivity index (χ0n) is 15.6. The Labute approximate surface area is 163 Å². The summed E-state index contributed by atoms with van der Waals surface area (Å²) in [6.07, 6.45) is 0.272. The highest BCUT2D eigenvalue weighted by molar-refractivity contribution is 6.23. The number of imide groups is 1. The zero-order valence-corrected chi connectivity index (χ0v) is 15.6. The first kappa shape index (κ1) is 17.9. The van der Waals surface area contributed by atoms with Gasteiger partial charge in [0.1, 0.15) is 0 Å². The maximum atomic E-state index is 12.6. The smallest absolute Gasteiger partial charge is 0.261 e. The van der Waals surface area contributed by atoms with E-state index in [1.165, 1.54) is 4.90 Å². The molecule has 3 aromatic carbocycles. The number of fused-ring (bicyclic) bond motifs is 2. The first-order valence-corrected chi connectivity index (χ1v) is 9.24. The second-order valence-corrected chi connectivity index (χ2v) is 7.02. The number of nitrogens with zero attached hydrogens (tertiary/aromatic N) is 1. The summed E-state index contributed by atoms with van der Waals surface area (Å²) in [7, 11) is 0. The van der Waals surface area contributed by atoms with Crippen molar-refractivity contribution in [2.45, 2.75) is 13.3 Å². The van der Waals surface area contributed by atoms with Gasteiger partial charge < -0.3 is 5.32 Å². The third kappa shape index (κ3) is 3.39. The average Bonchev–Trinajstić information content (AvgIpc) is 2.92. The van der Waals surface area contributed by atoms with Crippen LogP contribution in [0.1, 0.15) is 31.8 Å². The van der Waals surface area contributed by atoms with Gasteiger partial charge in [0.15, 0.2) is 0 Å². The van der Waals surface area contributed by atoms with E-state index in [1.54, 1.807) is 12.1 Å². The van der Waals surface area contributed by atoms with Crippen molar-refractivity contribution in [2.75, 3.05) is 13.1 Å². The van der Waals surface area contributed by atoms with Gasteiger partial charge in [0, 0.05) is 13.1 Å². The Morgan fingerprint density at radius 2 is 1.46 bits per heavy atom. The van der Waals surface area contributed by atoms with E-state index < -0.39 is 0 Å². The fourth-order valence-electron chi connectivity index (χ4n) is 3.44. The lowest BCUT2D eigenvalue weighted by Crippen LogP contribution is -2.38. The largest absolute Gasteiger partial charge is 0.354 e. The van der Waals surface area contributed by atoms with Crippen LogP contribution in [0.25, 0.3) is 10.8 Å². The molecule has 28 heavy (non-hydrogen) atoms. The van der Waals surface area contributed by atoms with Gasteiger partial charge in [0.25, 0.3) is 11.8 Å². The molecule has 0 bridgehead atoms.